The third-order valence-electron chi connectivity index (χ3n) is 4.05. The number of ether oxygens (including phenoxy) is 1. The van der Waals surface area contributed by atoms with E-state index in [1.165, 1.54) is 0 Å². The number of halogens is 1. The summed E-state index contributed by atoms with van der Waals surface area (Å²) in [6.45, 7) is 0. The fraction of sp³-hybridized carbons (Fsp3) is 0.0455. The number of para-hydroxylation sites is 1. The van der Waals surface area contributed by atoms with Crippen molar-refractivity contribution >= 4 is 39.6 Å². The van der Waals surface area contributed by atoms with Crippen LogP contribution in [0.4, 0.5) is 5.69 Å². The van der Waals surface area contributed by atoms with Gasteiger partial charge in [0.15, 0.2) is 0 Å². The van der Waals surface area contributed by atoms with Crippen LogP contribution in [0, 0.1) is 0 Å². The Morgan fingerprint density at radius 2 is 1.62 bits per heavy atom. The van der Waals surface area contributed by atoms with Crippen molar-refractivity contribution < 1.29 is 14.3 Å². The monoisotopic (exact) mass is 451 g/mol. The first-order valence-corrected chi connectivity index (χ1v) is 9.50. The van der Waals surface area contributed by atoms with Gasteiger partial charge in [-0.15, -0.1) is 0 Å². The lowest BCUT2D eigenvalue weighted by Gasteiger charge is -2.10. The van der Waals surface area contributed by atoms with Crippen molar-refractivity contribution in [1.29, 1.82) is 0 Å². The summed E-state index contributed by atoms with van der Waals surface area (Å²) in [6.07, 6.45) is 1.54. The average Bonchev–Trinajstić information content (AvgIpc) is 2.75. The number of anilines is 1. The van der Waals surface area contributed by atoms with E-state index in [0.29, 0.717) is 22.6 Å². The van der Waals surface area contributed by atoms with Crippen LogP contribution in [0.25, 0.3) is 0 Å². The molecule has 0 saturated carbocycles. The highest BCUT2D eigenvalue weighted by Gasteiger charge is 2.14. The zero-order valence-corrected chi connectivity index (χ0v) is 17.1. The van der Waals surface area contributed by atoms with Crippen molar-refractivity contribution in [2.75, 3.05) is 12.4 Å². The number of carbonyl (C=O) groups is 2. The molecule has 0 aromatic heterocycles. The van der Waals surface area contributed by atoms with Gasteiger partial charge in [0.1, 0.15) is 5.75 Å². The fourth-order valence-corrected chi connectivity index (χ4v) is 2.91. The molecule has 7 heteroatoms. The maximum Gasteiger partial charge on any atom is 0.273 e. The highest BCUT2D eigenvalue weighted by molar-refractivity contribution is 9.10. The Kier molecular flexibility index (Phi) is 6.76. The van der Waals surface area contributed by atoms with E-state index in [1.807, 2.05) is 24.3 Å². The molecular weight excluding hydrogens is 434 g/mol. The van der Waals surface area contributed by atoms with Gasteiger partial charge in [0.25, 0.3) is 11.8 Å². The highest BCUT2D eigenvalue weighted by Crippen LogP contribution is 2.18. The summed E-state index contributed by atoms with van der Waals surface area (Å²) in [5, 5.41) is 6.76. The van der Waals surface area contributed by atoms with Crippen LogP contribution in [-0.2, 0) is 0 Å². The molecule has 0 radical (unpaired) electrons. The van der Waals surface area contributed by atoms with E-state index in [4.69, 9.17) is 4.74 Å². The number of rotatable bonds is 6. The second kappa shape index (κ2) is 9.66. The lowest BCUT2D eigenvalue weighted by atomic mass is 10.1. The van der Waals surface area contributed by atoms with Crippen LogP contribution in [0.1, 0.15) is 26.3 Å². The minimum Gasteiger partial charge on any atom is -0.497 e. The predicted octanol–water partition coefficient (Wildman–Crippen LogP) is 4.47. The van der Waals surface area contributed by atoms with Gasteiger partial charge in [-0.2, -0.15) is 5.10 Å². The Morgan fingerprint density at radius 1 is 0.931 bits per heavy atom. The standard InChI is InChI=1S/C22H18BrN3O3/c1-29-17-12-10-15(11-13-17)21(27)25-20-9-5-3-7-18(20)22(28)26-24-14-16-6-2-4-8-19(16)23/h2-14H,1H3,(H,25,27)(H,26,28). The van der Waals surface area contributed by atoms with E-state index in [-0.39, 0.29) is 5.91 Å². The molecule has 6 nitrogen and oxygen atoms in total. The molecule has 3 aromatic rings. The molecule has 0 spiro atoms. The van der Waals surface area contributed by atoms with Gasteiger partial charge in [0.2, 0.25) is 0 Å². The van der Waals surface area contributed by atoms with E-state index in [0.717, 1.165) is 10.0 Å². The third-order valence-corrected chi connectivity index (χ3v) is 4.77. The molecule has 0 atom stereocenters. The van der Waals surface area contributed by atoms with Crippen molar-refractivity contribution in [3.8, 4) is 5.75 Å². The Bertz CT molecular complexity index is 1050. The van der Waals surface area contributed by atoms with Gasteiger partial charge in [0, 0.05) is 15.6 Å². The quantitative estimate of drug-likeness (QED) is 0.428. The molecule has 0 aliphatic heterocycles. The Labute approximate surface area is 176 Å². The number of hydrogen-bond acceptors (Lipinski definition) is 4. The molecular formula is C22H18BrN3O3. The van der Waals surface area contributed by atoms with Gasteiger partial charge in [-0.05, 0) is 42.5 Å². The van der Waals surface area contributed by atoms with Crippen LogP contribution in [0.15, 0.2) is 82.4 Å². The minimum atomic E-state index is -0.432. The summed E-state index contributed by atoms with van der Waals surface area (Å²) < 4.78 is 5.96. The number of hydrazone groups is 1. The Balaban J connectivity index is 1.71. The number of methoxy groups -OCH3 is 1. The highest BCUT2D eigenvalue weighted by atomic mass is 79.9. The molecule has 0 bridgehead atoms. The maximum absolute atomic E-state index is 12.5. The van der Waals surface area contributed by atoms with Crippen LogP contribution < -0.4 is 15.5 Å². The smallest absolute Gasteiger partial charge is 0.273 e. The molecule has 0 heterocycles. The molecule has 3 rings (SSSR count). The molecule has 146 valence electrons. The molecule has 2 N–H and O–H groups in total. The predicted molar refractivity (Wildman–Crippen MR) is 117 cm³/mol. The lowest BCUT2D eigenvalue weighted by Crippen LogP contribution is -2.21. The van der Waals surface area contributed by atoms with Gasteiger partial charge in [-0.25, -0.2) is 5.43 Å². The van der Waals surface area contributed by atoms with Crippen LogP contribution in [-0.4, -0.2) is 25.1 Å². The summed E-state index contributed by atoms with van der Waals surface area (Å²) in [7, 11) is 1.56. The van der Waals surface area contributed by atoms with Crippen LogP contribution in [0.3, 0.4) is 0 Å². The van der Waals surface area contributed by atoms with Gasteiger partial charge >= 0.3 is 0 Å². The number of benzene rings is 3. The third kappa shape index (κ3) is 5.30. The topological polar surface area (TPSA) is 79.8 Å². The molecule has 0 unspecified atom stereocenters. The first-order valence-electron chi connectivity index (χ1n) is 8.71. The van der Waals surface area contributed by atoms with Gasteiger partial charge in [-0.1, -0.05) is 46.3 Å². The fourth-order valence-electron chi connectivity index (χ4n) is 2.53. The van der Waals surface area contributed by atoms with Crippen molar-refractivity contribution in [3.05, 3.63) is 94.0 Å². The molecule has 29 heavy (non-hydrogen) atoms. The van der Waals surface area contributed by atoms with Crippen LogP contribution in [0.2, 0.25) is 0 Å². The van der Waals surface area contributed by atoms with E-state index < -0.39 is 5.91 Å². The second-order valence-corrected chi connectivity index (χ2v) is 6.80. The van der Waals surface area contributed by atoms with E-state index in [2.05, 4.69) is 31.8 Å². The second-order valence-electron chi connectivity index (χ2n) is 5.95. The summed E-state index contributed by atoms with van der Waals surface area (Å²) in [5.74, 6) is -0.104. The van der Waals surface area contributed by atoms with Crippen LogP contribution in [0.5, 0.6) is 5.75 Å². The van der Waals surface area contributed by atoms with Gasteiger partial charge < -0.3 is 10.1 Å². The average molecular weight is 452 g/mol. The summed E-state index contributed by atoms with van der Waals surface area (Å²) in [4.78, 5) is 25.0. The number of hydrogen-bond donors (Lipinski definition) is 2. The zero-order chi connectivity index (χ0) is 20.6. The number of amides is 2. The summed E-state index contributed by atoms with van der Waals surface area (Å²) in [5.41, 5.74) is 4.46. The normalized spacial score (nSPS) is 10.6. The minimum absolute atomic E-state index is 0.304. The van der Waals surface area contributed by atoms with Crippen molar-refractivity contribution in [2.45, 2.75) is 0 Å². The van der Waals surface area contributed by atoms with Crippen molar-refractivity contribution in [3.63, 3.8) is 0 Å². The molecule has 2 amide bonds. The number of carbonyl (C=O) groups excluding carboxylic acids is 2. The molecule has 0 aliphatic rings. The molecule has 0 fully saturated rings. The van der Waals surface area contributed by atoms with Gasteiger partial charge in [0.05, 0.1) is 24.6 Å². The largest absolute Gasteiger partial charge is 0.497 e. The van der Waals surface area contributed by atoms with E-state index >= 15 is 0 Å². The SMILES string of the molecule is COc1ccc(C(=O)Nc2ccccc2C(=O)NN=Cc2ccccc2Br)cc1. The summed E-state index contributed by atoms with van der Waals surface area (Å²) in [6, 6.07) is 20.9. The molecule has 0 aliphatic carbocycles. The van der Waals surface area contributed by atoms with Crippen LogP contribution >= 0.6 is 15.9 Å². The van der Waals surface area contributed by atoms with E-state index in [9.17, 15) is 9.59 Å². The van der Waals surface area contributed by atoms with Crippen molar-refractivity contribution in [1.82, 2.24) is 5.43 Å². The summed E-state index contributed by atoms with van der Waals surface area (Å²) >= 11 is 3.42. The molecule has 3 aromatic carbocycles. The lowest BCUT2D eigenvalue weighted by molar-refractivity contribution is 0.0956. The zero-order valence-electron chi connectivity index (χ0n) is 15.6. The Morgan fingerprint density at radius 3 is 2.34 bits per heavy atom. The van der Waals surface area contributed by atoms with Crippen molar-refractivity contribution in [2.24, 2.45) is 5.10 Å². The van der Waals surface area contributed by atoms with E-state index in [1.54, 1.807) is 61.9 Å². The number of nitrogens with one attached hydrogen (secondary N) is 2. The number of nitrogens with zero attached hydrogens (tertiary/aromatic N) is 1. The first-order chi connectivity index (χ1) is 14.1. The first kappa shape index (κ1) is 20.3. The Hall–Kier alpha value is -3.45. The maximum atomic E-state index is 12.5. The van der Waals surface area contributed by atoms with Gasteiger partial charge in [-0.3, -0.25) is 9.59 Å². The molecule has 0 saturated heterocycles.